The van der Waals surface area contributed by atoms with Crippen LogP contribution in [0.5, 0.6) is 0 Å². The van der Waals surface area contributed by atoms with Crippen LogP contribution in [0.3, 0.4) is 0 Å². The van der Waals surface area contributed by atoms with Gasteiger partial charge in [-0.05, 0) is 50.5 Å². The van der Waals surface area contributed by atoms with Crippen LogP contribution >= 0.6 is 0 Å². The molecule has 5 heterocycles. The Hall–Kier alpha value is -2.77. The molecule has 0 saturated carbocycles. The monoisotopic (exact) mass is 448 g/mol. The van der Waals surface area contributed by atoms with E-state index in [9.17, 15) is 14.7 Å². The van der Waals surface area contributed by atoms with Gasteiger partial charge in [0, 0.05) is 62.2 Å². The summed E-state index contributed by atoms with van der Waals surface area (Å²) >= 11 is 0. The van der Waals surface area contributed by atoms with E-state index in [4.69, 9.17) is 0 Å². The third-order valence-corrected chi connectivity index (χ3v) is 7.57. The summed E-state index contributed by atoms with van der Waals surface area (Å²) in [5, 5.41) is 10.5. The van der Waals surface area contributed by atoms with Gasteiger partial charge >= 0.3 is 0 Å². The lowest BCUT2D eigenvalue weighted by atomic mass is 9.85. The van der Waals surface area contributed by atoms with Crippen LogP contribution < -0.4 is 5.56 Å². The highest BCUT2D eigenvalue weighted by Gasteiger charge is 2.56. The Balaban J connectivity index is 1.60. The summed E-state index contributed by atoms with van der Waals surface area (Å²) in [7, 11) is 0. The zero-order chi connectivity index (χ0) is 22.9. The van der Waals surface area contributed by atoms with Crippen molar-refractivity contribution in [2.45, 2.75) is 51.4 Å². The maximum atomic E-state index is 13.8. The average molecular weight is 449 g/mol. The fraction of sp³-hybridized carbons (Fsp3) is 0.500. The summed E-state index contributed by atoms with van der Waals surface area (Å²) in [5.41, 5.74) is 2.42. The minimum absolute atomic E-state index is 0.0270. The molecule has 7 nitrogen and oxygen atoms in total. The van der Waals surface area contributed by atoms with Gasteiger partial charge in [0.2, 0.25) is 5.91 Å². The van der Waals surface area contributed by atoms with Crippen LogP contribution in [0.4, 0.5) is 0 Å². The van der Waals surface area contributed by atoms with Gasteiger partial charge in [0.05, 0.1) is 17.7 Å². The largest absolute Gasteiger partial charge is 0.396 e. The van der Waals surface area contributed by atoms with Crippen LogP contribution in [0.25, 0.3) is 6.08 Å². The first-order valence-electron chi connectivity index (χ1n) is 12.1. The van der Waals surface area contributed by atoms with Gasteiger partial charge in [0.25, 0.3) is 5.56 Å². The fourth-order valence-electron chi connectivity index (χ4n) is 6.05. The Bertz CT molecular complexity index is 1090. The number of piperidine rings is 1. The number of carbonyl (C=O) groups excluding carboxylic acids is 1. The molecule has 3 aliphatic rings. The number of aliphatic hydroxyl groups excluding tert-OH is 1. The first-order chi connectivity index (χ1) is 16.1. The average Bonchev–Trinajstić information content (AvgIpc) is 3.05. The molecule has 1 amide bonds. The molecule has 1 N–H and O–H groups in total. The van der Waals surface area contributed by atoms with Crippen LogP contribution in [-0.2, 0) is 17.9 Å². The number of aliphatic hydroxyl groups is 1. The van der Waals surface area contributed by atoms with Gasteiger partial charge < -0.3 is 14.6 Å². The van der Waals surface area contributed by atoms with Crippen LogP contribution in [0, 0.1) is 11.8 Å². The van der Waals surface area contributed by atoms with Crippen molar-refractivity contribution >= 4 is 12.0 Å². The minimum atomic E-state index is -0.373. The van der Waals surface area contributed by atoms with Crippen molar-refractivity contribution < 1.29 is 9.90 Å². The molecule has 0 unspecified atom stereocenters. The lowest BCUT2D eigenvalue weighted by Crippen LogP contribution is -2.46. The van der Waals surface area contributed by atoms with Gasteiger partial charge in [-0.2, -0.15) is 0 Å². The molecule has 3 aliphatic heterocycles. The summed E-state index contributed by atoms with van der Waals surface area (Å²) in [6.45, 7) is 4.43. The third-order valence-electron chi connectivity index (χ3n) is 7.57. The number of hydrogen-bond donors (Lipinski definition) is 1. The van der Waals surface area contributed by atoms with Crippen LogP contribution in [0.15, 0.2) is 47.4 Å². The molecule has 2 aromatic heterocycles. The summed E-state index contributed by atoms with van der Waals surface area (Å²) in [6, 6.07) is 9.35. The molecule has 4 atom stereocenters. The molecule has 33 heavy (non-hydrogen) atoms. The number of carbonyl (C=O) groups is 1. The smallest absolute Gasteiger partial charge is 0.258 e. The number of rotatable bonds is 5. The maximum absolute atomic E-state index is 13.8. The molecular weight excluding hydrogens is 416 g/mol. The first kappa shape index (κ1) is 22.0. The molecule has 2 bridgehead atoms. The van der Waals surface area contributed by atoms with Crippen molar-refractivity contribution in [1.29, 1.82) is 0 Å². The van der Waals surface area contributed by atoms with Crippen molar-refractivity contribution in [2.75, 3.05) is 19.7 Å². The molecule has 2 aromatic rings. The number of pyridine rings is 2. The maximum Gasteiger partial charge on any atom is 0.258 e. The predicted octanol–water partition coefficient (Wildman–Crippen LogP) is 2.45. The van der Waals surface area contributed by atoms with E-state index in [1.807, 2.05) is 58.9 Å². The number of fused-ring (bicyclic) bond motifs is 4. The topological polar surface area (TPSA) is 78.7 Å². The number of aromatic nitrogens is 2. The molecule has 0 spiro atoms. The second kappa shape index (κ2) is 9.23. The molecule has 0 aliphatic carbocycles. The van der Waals surface area contributed by atoms with Gasteiger partial charge in [-0.15, -0.1) is 0 Å². The standard InChI is InChI=1S/C26H32N4O3/c1-2-8-18-10-11-21-24-23(26(33)28-13-6-3-7-14-28)20(17-31)22(16-30(21)25(18)32)29(24)15-19-9-4-5-12-27-19/h2,4-5,8-12,20,22-24,31H,3,6-7,13-17H2,1H3/b8-2-/t20-,22-,23+,24+/m1/s1. The fourth-order valence-corrected chi connectivity index (χ4v) is 6.05. The highest BCUT2D eigenvalue weighted by molar-refractivity contribution is 5.81. The number of hydrogen-bond acceptors (Lipinski definition) is 5. The Morgan fingerprint density at radius 3 is 2.70 bits per heavy atom. The zero-order valence-corrected chi connectivity index (χ0v) is 19.1. The van der Waals surface area contributed by atoms with E-state index < -0.39 is 0 Å². The van der Waals surface area contributed by atoms with E-state index in [0.717, 1.165) is 43.7 Å². The van der Waals surface area contributed by atoms with E-state index in [1.54, 1.807) is 6.20 Å². The number of allylic oxidation sites excluding steroid dienone is 1. The number of amides is 1. The Labute approximate surface area is 194 Å². The number of nitrogens with zero attached hydrogens (tertiary/aromatic N) is 4. The van der Waals surface area contributed by atoms with Gasteiger partial charge in [0.15, 0.2) is 0 Å². The van der Waals surface area contributed by atoms with Gasteiger partial charge in [-0.1, -0.05) is 18.2 Å². The molecule has 7 heteroatoms. The van der Waals surface area contributed by atoms with Crippen molar-refractivity contribution in [1.82, 2.24) is 19.4 Å². The highest BCUT2D eigenvalue weighted by Crippen LogP contribution is 2.49. The van der Waals surface area contributed by atoms with Crippen molar-refractivity contribution in [3.8, 4) is 0 Å². The molecule has 2 fully saturated rings. The van der Waals surface area contributed by atoms with Gasteiger partial charge in [-0.25, -0.2) is 0 Å². The highest BCUT2D eigenvalue weighted by atomic mass is 16.3. The Kier molecular flexibility index (Phi) is 6.17. The second-order valence-electron chi connectivity index (χ2n) is 9.39. The summed E-state index contributed by atoms with van der Waals surface area (Å²) in [4.78, 5) is 35.9. The van der Waals surface area contributed by atoms with Crippen LogP contribution in [0.1, 0.15) is 49.2 Å². The quantitative estimate of drug-likeness (QED) is 0.760. The van der Waals surface area contributed by atoms with Crippen LogP contribution in [0.2, 0.25) is 0 Å². The second-order valence-corrected chi connectivity index (χ2v) is 9.39. The van der Waals surface area contributed by atoms with E-state index in [0.29, 0.717) is 18.7 Å². The Morgan fingerprint density at radius 1 is 1.18 bits per heavy atom. The van der Waals surface area contributed by atoms with E-state index >= 15 is 0 Å². The van der Waals surface area contributed by atoms with E-state index in [-0.39, 0.29) is 42.0 Å². The first-order valence-corrected chi connectivity index (χ1v) is 12.1. The Morgan fingerprint density at radius 2 is 2.00 bits per heavy atom. The van der Waals surface area contributed by atoms with E-state index in [1.165, 1.54) is 0 Å². The zero-order valence-electron chi connectivity index (χ0n) is 19.1. The molecular formula is C26H32N4O3. The lowest BCUT2D eigenvalue weighted by Gasteiger charge is -2.38. The summed E-state index contributed by atoms with van der Waals surface area (Å²) < 4.78 is 1.84. The van der Waals surface area contributed by atoms with Crippen molar-refractivity contribution in [2.24, 2.45) is 11.8 Å². The van der Waals surface area contributed by atoms with Crippen LogP contribution in [-0.4, -0.2) is 56.1 Å². The number of likely N-dealkylation sites (tertiary alicyclic amines) is 1. The summed E-state index contributed by atoms with van der Waals surface area (Å²) in [6.07, 6.45) is 8.68. The SMILES string of the molecule is C/C=C\c1ccc2n(c1=O)C[C@@H]1[C@@H](CO)[C@H](C(=O)N3CCCCC3)[C@H]2N1Cc1ccccn1. The predicted molar refractivity (Wildman–Crippen MR) is 126 cm³/mol. The van der Waals surface area contributed by atoms with Gasteiger partial charge in [-0.3, -0.25) is 19.5 Å². The third kappa shape index (κ3) is 3.83. The molecule has 2 saturated heterocycles. The van der Waals surface area contributed by atoms with Gasteiger partial charge in [0.1, 0.15) is 0 Å². The molecule has 174 valence electrons. The minimum Gasteiger partial charge on any atom is -0.396 e. The van der Waals surface area contributed by atoms with E-state index in [2.05, 4.69) is 9.88 Å². The van der Waals surface area contributed by atoms with Crippen molar-refractivity contribution in [3.05, 3.63) is 69.9 Å². The summed E-state index contributed by atoms with van der Waals surface area (Å²) in [5.74, 6) is -0.481. The normalized spacial score (nSPS) is 27.2. The molecule has 0 radical (unpaired) electrons. The lowest BCUT2D eigenvalue weighted by molar-refractivity contribution is -0.139. The molecule has 5 rings (SSSR count). The van der Waals surface area contributed by atoms with Crippen molar-refractivity contribution in [3.63, 3.8) is 0 Å². The molecule has 0 aromatic carbocycles.